The van der Waals surface area contributed by atoms with Crippen molar-refractivity contribution in [2.24, 2.45) is 0 Å². The Morgan fingerprint density at radius 2 is 2.00 bits per heavy atom. The molecule has 0 unspecified atom stereocenters. The highest BCUT2D eigenvalue weighted by atomic mass is 32.1. The largest absolute Gasteiger partial charge is 0.324 e. The van der Waals surface area contributed by atoms with Gasteiger partial charge in [-0.15, -0.1) is 11.3 Å². The number of carbonyl (C=O) groups excluding carboxylic acids is 1. The molecule has 1 aliphatic rings. The highest BCUT2D eigenvalue weighted by Gasteiger charge is 2.23. The lowest BCUT2D eigenvalue weighted by Gasteiger charge is -2.09. The van der Waals surface area contributed by atoms with Gasteiger partial charge in [0.15, 0.2) is 0 Å². The minimum absolute atomic E-state index is 0.0875. The second kappa shape index (κ2) is 7.77. The van der Waals surface area contributed by atoms with Crippen molar-refractivity contribution in [1.29, 1.82) is 0 Å². The van der Waals surface area contributed by atoms with Gasteiger partial charge in [0.2, 0.25) is 0 Å². The Balaban J connectivity index is 1.52. The van der Waals surface area contributed by atoms with Crippen LogP contribution in [-0.2, 0) is 13.0 Å². The van der Waals surface area contributed by atoms with Gasteiger partial charge in [-0.3, -0.25) is 14.2 Å². The molecule has 158 valence electrons. The lowest BCUT2D eigenvalue weighted by Crippen LogP contribution is -2.24. The van der Waals surface area contributed by atoms with E-state index in [1.54, 1.807) is 23.6 Å². The molecule has 6 nitrogen and oxygen atoms in total. The average Bonchev–Trinajstić information content (AvgIpc) is 3.33. The zero-order valence-corrected chi connectivity index (χ0v) is 17.8. The summed E-state index contributed by atoms with van der Waals surface area (Å²) in [6.07, 6.45) is 7.49. The summed E-state index contributed by atoms with van der Waals surface area (Å²) in [6, 6.07) is 8.30. The van der Waals surface area contributed by atoms with Crippen LogP contribution in [0.5, 0.6) is 0 Å². The Kier molecular flexibility index (Phi) is 4.94. The van der Waals surface area contributed by atoms with Gasteiger partial charge < -0.3 is 9.88 Å². The fourth-order valence-electron chi connectivity index (χ4n) is 4.08. The molecule has 1 aliphatic heterocycles. The molecule has 4 heterocycles. The highest BCUT2D eigenvalue weighted by Crippen LogP contribution is 2.30. The molecule has 0 saturated carbocycles. The quantitative estimate of drug-likeness (QED) is 0.507. The number of hydrogen-bond donors (Lipinski definition) is 1. The number of halogens is 1. The molecule has 0 spiro atoms. The molecular weight excluding hydrogens is 415 g/mol. The fourth-order valence-corrected chi connectivity index (χ4v) is 5.17. The summed E-state index contributed by atoms with van der Waals surface area (Å²) in [5.41, 5.74) is 1.33. The van der Waals surface area contributed by atoms with Crippen LogP contribution in [0.2, 0.25) is 0 Å². The Labute approximate surface area is 182 Å². The number of rotatable bonds is 3. The van der Waals surface area contributed by atoms with Crippen LogP contribution < -0.4 is 10.9 Å². The maximum absolute atomic E-state index is 14.4. The van der Waals surface area contributed by atoms with Gasteiger partial charge in [-0.05, 0) is 55.7 Å². The van der Waals surface area contributed by atoms with E-state index in [0.29, 0.717) is 27.2 Å². The first-order chi connectivity index (χ1) is 15.0. The Morgan fingerprint density at radius 3 is 2.81 bits per heavy atom. The summed E-state index contributed by atoms with van der Waals surface area (Å²) < 4.78 is 18.0. The van der Waals surface area contributed by atoms with E-state index in [4.69, 9.17) is 4.98 Å². The normalized spacial score (nSPS) is 13.7. The number of aryl methyl sites for hydroxylation is 2. The smallest absolute Gasteiger partial charge is 0.266 e. The van der Waals surface area contributed by atoms with Gasteiger partial charge in [0, 0.05) is 31.0 Å². The molecule has 0 bridgehead atoms. The molecule has 4 aromatic rings. The number of amides is 1. The van der Waals surface area contributed by atoms with E-state index >= 15 is 0 Å². The molecule has 1 amide bonds. The van der Waals surface area contributed by atoms with E-state index in [0.717, 1.165) is 37.2 Å². The van der Waals surface area contributed by atoms with Crippen molar-refractivity contribution >= 4 is 33.1 Å². The summed E-state index contributed by atoms with van der Waals surface area (Å²) in [6.45, 7) is 2.42. The predicted octanol–water partition coefficient (Wildman–Crippen LogP) is 4.67. The van der Waals surface area contributed by atoms with Crippen molar-refractivity contribution in [3.8, 4) is 5.69 Å². The third kappa shape index (κ3) is 3.46. The van der Waals surface area contributed by atoms with Crippen LogP contribution in [0, 0.1) is 12.7 Å². The van der Waals surface area contributed by atoms with E-state index in [2.05, 4.69) is 5.32 Å². The van der Waals surface area contributed by atoms with Gasteiger partial charge in [0.05, 0.1) is 16.0 Å². The predicted molar refractivity (Wildman–Crippen MR) is 120 cm³/mol. The minimum atomic E-state index is -0.520. The van der Waals surface area contributed by atoms with Gasteiger partial charge in [-0.25, -0.2) is 9.37 Å². The topological polar surface area (TPSA) is 68.9 Å². The maximum atomic E-state index is 14.4. The van der Waals surface area contributed by atoms with E-state index < -0.39 is 11.7 Å². The number of thiophene rings is 1. The van der Waals surface area contributed by atoms with Crippen molar-refractivity contribution in [2.75, 3.05) is 5.32 Å². The van der Waals surface area contributed by atoms with Gasteiger partial charge in [0.25, 0.3) is 11.5 Å². The van der Waals surface area contributed by atoms with Crippen molar-refractivity contribution in [3.05, 3.63) is 75.2 Å². The van der Waals surface area contributed by atoms with Crippen LogP contribution in [-0.4, -0.2) is 20.0 Å². The molecular formula is C23H21FN4O2S. The Hall–Kier alpha value is -3.26. The van der Waals surface area contributed by atoms with E-state index in [1.165, 1.54) is 17.4 Å². The van der Waals surface area contributed by atoms with Crippen LogP contribution in [0.4, 0.5) is 10.1 Å². The number of nitrogens with zero attached hydrogens (tertiary/aromatic N) is 3. The molecule has 8 heteroatoms. The van der Waals surface area contributed by atoms with Crippen molar-refractivity contribution in [1.82, 2.24) is 14.1 Å². The number of anilines is 1. The summed E-state index contributed by atoms with van der Waals surface area (Å²) in [7, 11) is 0. The molecule has 0 fully saturated rings. The number of nitrogens with one attached hydrogen (secondary N) is 1. The second-order valence-electron chi connectivity index (χ2n) is 7.74. The molecule has 5 rings (SSSR count). The Bertz CT molecular complexity index is 1350. The molecule has 1 aromatic carbocycles. The number of carbonyl (C=O) groups is 1. The van der Waals surface area contributed by atoms with Gasteiger partial charge in [-0.2, -0.15) is 0 Å². The van der Waals surface area contributed by atoms with Gasteiger partial charge in [-0.1, -0.05) is 6.42 Å². The first-order valence-electron chi connectivity index (χ1n) is 10.3. The van der Waals surface area contributed by atoms with Gasteiger partial charge in [0.1, 0.15) is 16.5 Å². The SMILES string of the molecule is Cc1c(C(=O)Nc2cc(-n3cccc3)ccc2F)sc2nc3n(c(=O)c12)CCCCC3. The van der Waals surface area contributed by atoms with Gasteiger partial charge >= 0.3 is 0 Å². The average molecular weight is 437 g/mol. The zero-order valence-electron chi connectivity index (χ0n) is 17.0. The van der Waals surface area contributed by atoms with Crippen LogP contribution in [0.3, 0.4) is 0 Å². The first-order valence-corrected chi connectivity index (χ1v) is 11.1. The minimum Gasteiger partial charge on any atom is -0.324 e. The number of hydrogen-bond acceptors (Lipinski definition) is 4. The van der Waals surface area contributed by atoms with Crippen molar-refractivity contribution in [3.63, 3.8) is 0 Å². The summed E-state index contributed by atoms with van der Waals surface area (Å²) in [5.74, 6) is -0.176. The molecule has 0 saturated heterocycles. The first kappa shape index (κ1) is 19.7. The van der Waals surface area contributed by atoms with E-state index in [1.807, 2.05) is 29.1 Å². The molecule has 0 atom stereocenters. The van der Waals surface area contributed by atoms with Crippen LogP contribution in [0.1, 0.15) is 40.3 Å². The zero-order chi connectivity index (χ0) is 21.5. The van der Waals surface area contributed by atoms with Crippen molar-refractivity contribution < 1.29 is 9.18 Å². The lowest BCUT2D eigenvalue weighted by atomic mass is 10.2. The molecule has 1 N–H and O–H groups in total. The Morgan fingerprint density at radius 1 is 1.19 bits per heavy atom. The van der Waals surface area contributed by atoms with E-state index in [9.17, 15) is 14.0 Å². The van der Waals surface area contributed by atoms with Crippen molar-refractivity contribution in [2.45, 2.75) is 39.2 Å². The molecule has 3 aromatic heterocycles. The summed E-state index contributed by atoms with van der Waals surface area (Å²) in [5, 5.41) is 3.16. The maximum Gasteiger partial charge on any atom is 0.266 e. The monoisotopic (exact) mass is 436 g/mol. The number of aromatic nitrogens is 3. The number of fused-ring (bicyclic) bond motifs is 2. The van der Waals surface area contributed by atoms with Crippen LogP contribution >= 0.6 is 11.3 Å². The van der Waals surface area contributed by atoms with Crippen LogP contribution in [0.15, 0.2) is 47.5 Å². The van der Waals surface area contributed by atoms with E-state index in [-0.39, 0.29) is 11.2 Å². The molecule has 0 aliphatic carbocycles. The van der Waals surface area contributed by atoms with Crippen LogP contribution in [0.25, 0.3) is 15.9 Å². The standard InChI is InChI=1S/C23H21FN4O2S/c1-14-19-22(26-18-7-3-2-4-12-28(18)23(19)30)31-20(14)21(29)25-17-13-15(8-9-16(17)24)27-10-5-6-11-27/h5-6,8-11,13H,2-4,7,12H2,1H3,(H,25,29). The highest BCUT2D eigenvalue weighted by molar-refractivity contribution is 7.20. The third-order valence-electron chi connectivity index (χ3n) is 5.72. The third-order valence-corrected chi connectivity index (χ3v) is 6.90. The lowest BCUT2D eigenvalue weighted by molar-refractivity contribution is 0.102. The fraction of sp³-hybridized carbons (Fsp3) is 0.261. The molecule has 0 radical (unpaired) electrons. The molecule has 31 heavy (non-hydrogen) atoms. The summed E-state index contributed by atoms with van der Waals surface area (Å²) >= 11 is 1.19. The second-order valence-corrected chi connectivity index (χ2v) is 8.74. The summed E-state index contributed by atoms with van der Waals surface area (Å²) in [4.78, 5) is 31.8. The number of benzene rings is 1.